The Morgan fingerprint density at radius 2 is 1.64 bits per heavy atom. The van der Waals surface area contributed by atoms with E-state index in [0.29, 0.717) is 6.54 Å². The molecule has 1 aliphatic rings. The maximum atomic E-state index is 12.6. The lowest BCUT2D eigenvalue weighted by atomic mass is 10.1. The predicted molar refractivity (Wildman–Crippen MR) is 114 cm³/mol. The molecule has 1 saturated heterocycles. The summed E-state index contributed by atoms with van der Waals surface area (Å²) in [5.74, 6) is 0.904. The Morgan fingerprint density at radius 3 is 2.39 bits per heavy atom. The minimum Gasteiger partial charge on any atom is -0.497 e. The second-order valence-electron chi connectivity index (χ2n) is 7.04. The Bertz CT molecular complexity index is 942. The molecular weight excluding hydrogens is 350 g/mol. The van der Waals surface area contributed by atoms with E-state index in [1.54, 1.807) is 7.11 Å². The molecule has 28 heavy (non-hydrogen) atoms. The smallest absolute Gasteiger partial charge is 0.238 e. The highest BCUT2D eigenvalue weighted by Gasteiger charge is 2.19. The molecule has 1 N–H and O–H groups in total. The molecule has 1 fully saturated rings. The van der Waals surface area contributed by atoms with Gasteiger partial charge >= 0.3 is 0 Å². The number of piperazine rings is 1. The SMILES string of the molecule is COc1ccc(N2CCN(CC(=O)Nc3cccc4ccccc34)CC2)cc1. The Labute approximate surface area is 165 Å². The van der Waals surface area contributed by atoms with Crippen LogP contribution in [0.5, 0.6) is 5.75 Å². The first-order valence-electron chi connectivity index (χ1n) is 9.62. The number of carbonyl (C=O) groups is 1. The van der Waals surface area contributed by atoms with E-state index in [-0.39, 0.29) is 5.91 Å². The van der Waals surface area contributed by atoms with Gasteiger partial charge in [-0.2, -0.15) is 0 Å². The molecule has 3 aromatic rings. The summed E-state index contributed by atoms with van der Waals surface area (Å²) in [6, 6.07) is 22.2. The molecule has 1 amide bonds. The maximum Gasteiger partial charge on any atom is 0.238 e. The molecule has 5 heteroatoms. The van der Waals surface area contributed by atoms with Gasteiger partial charge in [0.05, 0.1) is 13.7 Å². The second kappa shape index (κ2) is 8.31. The van der Waals surface area contributed by atoms with Crippen molar-refractivity contribution in [1.29, 1.82) is 0 Å². The van der Waals surface area contributed by atoms with E-state index in [2.05, 4.69) is 39.4 Å². The van der Waals surface area contributed by atoms with E-state index in [0.717, 1.165) is 48.4 Å². The first-order chi connectivity index (χ1) is 13.7. The van der Waals surface area contributed by atoms with Crippen molar-refractivity contribution < 1.29 is 9.53 Å². The Morgan fingerprint density at radius 1 is 0.929 bits per heavy atom. The third-order valence-electron chi connectivity index (χ3n) is 5.24. The fourth-order valence-electron chi connectivity index (χ4n) is 3.68. The van der Waals surface area contributed by atoms with Crippen molar-refractivity contribution in [2.24, 2.45) is 0 Å². The molecule has 0 atom stereocenters. The number of nitrogens with one attached hydrogen (secondary N) is 1. The van der Waals surface area contributed by atoms with E-state index in [4.69, 9.17) is 4.74 Å². The van der Waals surface area contributed by atoms with E-state index in [1.165, 1.54) is 5.69 Å². The number of fused-ring (bicyclic) bond motifs is 1. The molecule has 0 unspecified atom stereocenters. The normalized spacial score (nSPS) is 14.8. The van der Waals surface area contributed by atoms with Crippen LogP contribution in [0.25, 0.3) is 10.8 Å². The van der Waals surface area contributed by atoms with Crippen LogP contribution in [0.3, 0.4) is 0 Å². The van der Waals surface area contributed by atoms with Gasteiger partial charge in [0.15, 0.2) is 0 Å². The van der Waals surface area contributed by atoms with Gasteiger partial charge in [-0.25, -0.2) is 0 Å². The van der Waals surface area contributed by atoms with Gasteiger partial charge in [-0.15, -0.1) is 0 Å². The van der Waals surface area contributed by atoms with Crippen molar-refractivity contribution >= 4 is 28.1 Å². The van der Waals surface area contributed by atoms with Gasteiger partial charge in [0, 0.05) is 42.9 Å². The zero-order valence-corrected chi connectivity index (χ0v) is 16.1. The van der Waals surface area contributed by atoms with E-state index < -0.39 is 0 Å². The summed E-state index contributed by atoms with van der Waals surface area (Å²) >= 11 is 0. The van der Waals surface area contributed by atoms with Crippen molar-refractivity contribution in [1.82, 2.24) is 4.90 Å². The number of ether oxygens (including phenoxy) is 1. The van der Waals surface area contributed by atoms with Crippen LogP contribution in [0, 0.1) is 0 Å². The molecule has 5 nitrogen and oxygen atoms in total. The van der Waals surface area contributed by atoms with Gasteiger partial charge in [0.25, 0.3) is 0 Å². The average molecular weight is 375 g/mol. The Kier molecular flexibility index (Phi) is 5.44. The lowest BCUT2D eigenvalue weighted by molar-refractivity contribution is -0.117. The largest absolute Gasteiger partial charge is 0.497 e. The number of nitrogens with zero attached hydrogens (tertiary/aromatic N) is 2. The minimum absolute atomic E-state index is 0.0363. The number of hydrogen-bond donors (Lipinski definition) is 1. The maximum absolute atomic E-state index is 12.6. The first kappa shape index (κ1) is 18.3. The topological polar surface area (TPSA) is 44.8 Å². The van der Waals surface area contributed by atoms with Crippen LogP contribution in [0.15, 0.2) is 66.7 Å². The summed E-state index contributed by atoms with van der Waals surface area (Å²) < 4.78 is 5.22. The summed E-state index contributed by atoms with van der Waals surface area (Å²) in [7, 11) is 1.68. The number of benzene rings is 3. The molecule has 0 bridgehead atoms. The highest BCUT2D eigenvalue weighted by molar-refractivity contribution is 6.02. The standard InChI is InChI=1S/C23H25N3O2/c1-28-20-11-9-19(10-12-20)26-15-13-25(14-16-26)17-23(27)24-22-8-4-6-18-5-2-3-7-21(18)22/h2-12H,13-17H2,1H3,(H,24,27). The van der Waals surface area contributed by atoms with Crippen molar-refractivity contribution in [2.45, 2.75) is 0 Å². The Balaban J connectivity index is 1.32. The summed E-state index contributed by atoms with van der Waals surface area (Å²) in [6.45, 7) is 3.98. The average Bonchev–Trinajstić information content (AvgIpc) is 2.75. The van der Waals surface area contributed by atoms with Crippen LogP contribution in [-0.2, 0) is 4.79 Å². The van der Waals surface area contributed by atoms with Gasteiger partial charge in [-0.1, -0.05) is 36.4 Å². The van der Waals surface area contributed by atoms with Crippen LogP contribution in [0.4, 0.5) is 11.4 Å². The second-order valence-corrected chi connectivity index (χ2v) is 7.04. The van der Waals surface area contributed by atoms with Gasteiger partial charge in [-0.05, 0) is 35.7 Å². The summed E-state index contributed by atoms with van der Waals surface area (Å²) in [6.07, 6.45) is 0. The van der Waals surface area contributed by atoms with Gasteiger partial charge in [-0.3, -0.25) is 9.69 Å². The fourth-order valence-corrected chi connectivity index (χ4v) is 3.68. The van der Waals surface area contributed by atoms with Crippen LogP contribution in [-0.4, -0.2) is 50.6 Å². The van der Waals surface area contributed by atoms with Crippen molar-refractivity contribution in [3.05, 3.63) is 66.7 Å². The number of carbonyl (C=O) groups excluding carboxylic acids is 1. The number of methoxy groups -OCH3 is 1. The van der Waals surface area contributed by atoms with Gasteiger partial charge in [0.2, 0.25) is 5.91 Å². The molecule has 0 spiro atoms. The van der Waals surface area contributed by atoms with E-state index in [9.17, 15) is 4.79 Å². The van der Waals surface area contributed by atoms with Crippen molar-refractivity contribution in [3.63, 3.8) is 0 Å². The summed E-state index contributed by atoms with van der Waals surface area (Å²) in [5, 5.41) is 5.28. The van der Waals surface area contributed by atoms with Crippen LogP contribution in [0.1, 0.15) is 0 Å². The molecule has 1 aliphatic heterocycles. The van der Waals surface area contributed by atoms with E-state index >= 15 is 0 Å². The molecule has 0 aliphatic carbocycles. The first-order valence-corrected chi connectivity index (χ1v) is 9.62. The molecule has 0 saturated carbocycles. The monoisotopic (exact) mass is 375 g/mol. The van der Waals surface area contributed by atoms with Gasteiger partial charge in [0.1, 0.15) is 5.75 Å². The molecule has 144 valence electrons. The number of anilines is 2. The molecule has 0 aromatic heterocycles. The minimum atomic E-state index is 0.0363. The lowest BCUT2D eigenvalue weighted by Crippen LogP contribution is -2.48. The van der Waals surface area contributed by atoms with Crippen molar-refractivity contribution in [2.75, 3.05) is 50.1 Å². The van der Waals surface area contributed by atoms with Crippen LogP contribution < -0.4 is 15.0 Å². The highest BCUT2D eigenvalue weighted by Crippen LogP contribution is 2.23. The number of hydrogen-bond acceptors (Lipinski definition) is 4. The lowest BCUT2D eigenvalue weighted by Gasteiger charge is -2.35. The van der Waals surface area contributed by atoms with Crippen LogP contribution >= 0.6 is 0 Å². The molecular formula is C23H25N3O2. The van der Waals surface area contributed by atoms with Crippen molar-refractivity contribution in [3.8, 4) is 5.75 Å². The molecule has 4 rings (SSSR count). The number of amides is 1. The van der Waals surface area contributed by atoms with Crippen LogP contribution in [0.2, 0.25) is 0 Å². The zero-order chi connectivity index (χ0) is 19.3. The van der Waals surface area contributed by atoms with Gasteiger partial charge < -0.3 is 15.0 Å². The van der Waals surface area contributed by atoms with E-state index in [1.807, 2.05) is 42.5 Å². The summed E-state index contributed by atoms with van der Waals surface area (Å²) in [5.41, 5.74) is 2.07. The predicted octanol–water partition coefficient (Wildman–Crippen LogP) is 3.61. The molecule has 1 heterocycles. The quantitative estimate of drug-likeness (QED) is 0.740. The molecule has 0 radical (unpaired) electrons. The zero-order valence-electron chi connectivity index (χ0n) is 16.1. The molecule has 3 aromatic carbocycles. The summed E-state index contributed by atoms with van der Waals surface area (Å²) in [4.78, 5) is 17.1. The fraction of sp³-hybridized carbons (Fsp3) is 0.261. The Hall–Kier alpha value is -3.05. The number of rotatable bonds is 5. The third kappa shape index (κ3) is 4.10. The third-order valence-corrected chi connectivity index (χ3v) is 5.24. The highest BCUT2D eigenvalue weighted by atomic mass is 16.5.